The lowest BCUT2D eigenvalue weighted by Gasteiger charge is -2.37. The van der Waals surface area contributed by atoms with Crippen molar-refractivity contribution >= 4 is 11.8 Å². The molecule has 1 unspecified atom stereocenters. The van der Waals surface area contributed by atoms with Crippen LogP contribution in [0.4, 0.5) is 0 Å². The lowest BCUT2D eigenvalue weighted by atomic mass is 9.95. The molecule has 0 aromatic heterocycles. The number of hydrogen-bond acceptors (Lipinski definition) is 3. The zero-order valence-corrected chi connectivity index (χ0v) is 14.8. The van der Waals surface area contributed by atoms with E-state index in [0.29, 0.717) is 19.5 Å². The van der Waals surface area contributed by atoms with E-state index in [4.69, 9.17) is 0 Å². The molecule has 0 saturated carbocycles. The minimum absolute atomic E-state index is 0.0185. The van der Waals surface area contributed by atoms with Crippen molar-refractivity contribution in [2.45, 2.75) is 39.2 Å². The third-order valence-corrected chi connectivity index (χ3v) is 4.66. The molecule has 5 heteroatoms. The highest BCUT2D eigenvalue weighted by atomic mass is 16.2. The summed E-state index contributed by atoms with van der Waals surface area (Å²) in [6.45, 7) is 6.90. The van der Waals surface area contributed by atoms with Crippen molar-refractivity contribution in [2.75, 3.05) is 26.2 Å². The molecular formula is C19H29N3O2. The van der Waals surface area contributed by atoms with E-state index in [0.717, 1.165) is 19.0 Å². The topological polar surface area (TPSA) is 61.4 Å². The molecule has 1 aromatic carbocycles. The molecule has 1 atom stereocenters. The number of rotatable bonds is 7. The highest BCUT2D eigenvalue weighted by molar-refractivity contribution is 5.77. The Kier molecular flexibility index (Phi) is 7.25. The molecule has 2 rings (SSSR count). The number of benzene rings is 1. The Morgan fingerprint density at radius 3 is 2.46 bits per heavy atom. The van der Waals surface area contributed by atoms with Crippen LogP contribution in [-0.2, 0) is 9.59 Å². The first-order chi connectivity index (χ1) is 11.6. The summed E-state index contributed by atoms with van der Waals surface area (Å²) in [5, 5.41) is 5.69. The first-order valence-electron chi connectivity index (χ1n) is 8.86. The number of nitrogens with zero attached hydrogens (tertiary/aromatic N) is 1. The summed E-state index contributed by atoms with van der Waals surface area (Å²) < 4.78 is 0. The average Bonchev–Trinajstić information content (AvgIpc) is 2.57. The summed E-state index contributed by atoms with van der Waals surface area (Å²) in [6.07, 6.45) is 2.73. The van der Waals surface area contributed by atoms with Crippen LogP contribution in [0, 0.1) is 5.92 Å². The third kappa shape index (κ3) is 5.96. The van der Waals surface area contributed by atoms with Gasteiger partial charge >= 0.3 is 0 Å². The molecule has 1 aliphatic heterocycles. The van der Waals surface area contributed by atoms with Crippen molar-refractivity contribution in [3.8, 4) is 0 Å². The van der Waals surface area contributed by atoms with Crippen molar-refractivity contribution in [3.05, 3.63) is 35.9 Å². The van der Waals surface area contributed by atoms with Gasteiger partial charge in [0.25, 0.3) is 0 Å². The smallest absolute Gasteiger partial charge is 0.221 e. The van der Waals surface area contributed by atoms with Crippen molar-refractivity contribution in [3.63, 3.8) is 0 Å². The highest BCUT2D eigenvalue weighted by Crippen LogP contribution is 2.26. The van der Waals surface area contributed by atoms with Gasteiger partial charge in [-0.05, 0) is 37.4 Å². The molecule has 1 fully saturated rings. The summed E-state index contributed by atoms with van der Waals surface area (Å²) in [4.78, 5) is 25.3. The fourth-order valence-corrected chi connectivity index (χ4v) is 3.12. The third-order valence-electron chi connectivity index (χ3n) is 4.66. The van der Waals surface area contributed by atoms with Gasteiger partial charge in [0.2, 0.25) is 11.8 Å². The van der Waals surface area contributed by atoms with Gasteiger partial charge in [0.15, 0.2) is 0 Å². The van der Waals surface area contributed by atoms with Crippen LogP contribution in [0.1, 0.15) is 44.7 Å². The molecule has 1 saturated heterocycles. The van der Waals surface area contributed by atoms with Crippen LogP contribution in [0.3, 0.4) is 0 Å². The van der Waals surface area contributed by atoms with E-state index < -0.39 is 0 Å². The largest absolute Gasteiger partial charge is 0.356 e. The summed E-state index contributed by atoms with van der Waals surface area (Å²) in [7, 11) is 0. The van der Waals surface area contributed by atoms with Gasteiger partial charge in [-0.2, -0.15) is 0 Å². The maximum absolute atomic E-state index is 12.0. The zero-order valence-electron chi connectivity index (χ0n) is 14.8. The molecule has 1 heterocycles. The zero-order chi connectivity index (χ0) is 17.4. The minimum Gasteiger partial charge on any atom is -0.356 e. The van der Waals surface area contributed by atoms with Gasteiger partial charge in [0.1, 0.15) is 0 Å². The predicted octanol–water partition coefficient (Wildman–Crippen LogP) is 2.10. The Bertz CT molecular complexity index is 525. The molecule has 2 amide bonds. The van der Waals surface area contributed by atoms with Crippen LogP contribution in [0.2, 0.25) is 0 Å². The van der Waals surface area contributed by atoms with Gasteiger partial charge in [-0.15, -0.1) is 0 Å². The molecule has 0 spiro atoms. The Morgan fingerprint density at radius 1 is 1.17 bits per heavy atom. The van der Waals surface area contributed by atoms with E-state index in [1.165, 1.54) is 25.3 Å². The molecule has 1 aliphatic rings. The van der Waals surface area contributed by atoms with E-state index >= 15 is 0 Å². The molecular weight excluding hydrogens is 302 g/mol. The molecule has 0 bridgehead atoms. The van der Waals surface area contributed by atoms with Crippen LogP contribution in [0.15, 0.2) is 30.3 Å². The van der Waals surface area contributed by atoms with Gasteiger partial charge in [-0.25, -0.2) is 0 Å². The fourth-order valence-electron chi connectivity index (χ4n) is 3.12. The molecule has 2 N–H and O–H groups in total. The highest BCUT2D eigenvalue weighted by Gasteiger charge is 2.24. The van der Waals surface area contributed by atoms with Crippen molar-refractivity contribution in [2.24, 2.45) is 5.92 Å². The van der Waals surface area contributed by atoms with Crippen LogP contribution in [0.25, 0.3) is 0 Å². The van der Waals surface area contributed by atoms with E-state index in [1.54, 1.807) is 0 Å². The number of likely N-dealkylation sites (tertiary alicyclic amines) is 1. The Morgan fingerprint density at radius 2 is 1.83 bits per heavy atom. The number of hydrogen-bond donors (Lipinski definition) is 2. The second kappa shape index (κ2) is 9.42. The number of carbonyl (C=O) groups is 2. The number of piperidine rings is 1. The van der Waals surface area contributed by atoms with Crippen molar-refractivity contribution < 1.29 is 9.59 Å². The van der Waals surface area contributed by atoms with Gasteiger partial charge in [-0.3, -0.25) is 14.5 Å². The molecule has 132 valence electrons. The Labute approximate surface area is 144 Å². The fraction of sp³-hybridized carbons (Fsp3) is 0.579. The van der Waals surface area contributed by atoms with Crippen LogP contribution >= 0.6 is 0 Å². The Hall–Kier alpha value is -1.88. The van der Waals surface area contributed by atoms with Crippen LogP contribution < -0.4 is 10.6 Å². The van der Waals surface area contributed by atoms with Gasteiger partial charge in [0, 0.05) is 26.4 Å². The van der Waals surface area contributed by atoms with Crippen LogP contribution in [-0.4, -0.2) is 42.9 Å². The monoisotopic (exact) mass is 331 g/mol. The van der Waals surface area contributed by atoms with Crippen LogP contribution in [0.5, 0.6) is 0 Å². The van der Waals surface area contributed by atoms with Crippen molar-refractivity contribution in [1.29, 1.82) is 0 Å². The summed E-state index contributed by atoms with van der Waals surface area (Å²) >= 11 is 0. The normalized spacial score (nSPS) is 17.2. The van der Waals surface area contributed by atoms with Crippen molar-refractivity contribution in [1.82, 2.24) is 15.5 Å². The second-order valence-electron chi connectivity index (χ2n) is 6.68. The minimum atomic E-state index is -0.104. The predicted molar refractivity (Wildman–Crippen MR) is 95.5 cm³/mol. The molecule has 0 aliphatic carbocycles. The maximum atomic E-state index is 12.0. The number of amides is 2. The lowest BCUT2D eigenvalue weighted by molar-refractivity contribution is -0.121. The standard InChI is InChI=1S/C19H29N3O2/c1-15-9-12-22(13-10-15)18(17-6-4-3-5-7-17)14-21-19(24)8-11-20-16(2)23/h3-7,15,18H,8-14H2,1-2H3,(H,20,23)(H,21,24). The van der Waals surface area contributed by atoms with E-state index in [2.05, 4.69) is 34.6 Å². The van der Waals surface area contributed by atoms with E-state index in [-0.39, 0.29) is 17.9 Å². The summed E-state index contributed by atoms with van der Waals surface area (Å²) in [5.41, 5.74) is 1.24. The number of nitrogens with one attached hydrogen (secondary N) is 2. The van der Waals surface area contributed by atoms with Gasteiger partial charge in [-0.1, -0.05) is 37.3 Å². The SMILES string of the molecule is CC(=O)NCCC(=O)NCC(c1ccccc1)N1CCC(C)CC1. The molecule has 5 nitrogen and oxygen atoms in total. The Balaban J connectivity index is 1.91. The second-order valence-corrected chi connectivity index (χ2v) is 6.68. The quantitative estimate of drug-likeness (QED) is 0.804. The first kappa shape index (κ1) is 18.5. The molecule has 0 radical (unpaired) electrons. The van der Waals surface area contributed by atoms with E-state index in [1.807, 2.05) is 18.2 Å². The summed E-state index contributed by atoms with van der Waals surface area (Å²) in [6, 6.07) is 10.6. The van der Waals surface area contributed by atoms with Gasteiger partial charge < -0.3 is 10.6 Å². The van der Waals surface area contributed by atoms with Gasteiger partial charge in [0.05, 0.1) is 6.04 Å². The lowest BCUT2D eigenvalue weighted by Crippen LogP contribution is -2.42. The molecule has 1 aromatic rings. The van der Waals surface area contributed by atoms with E-state index in [9.17, 15) is 9.59 Å². The summed E-state index contributed by atoms with van der Waals surface area (Å²) in [5.74, 6) is 0.660. The first-order valence-corrected chi connectivity index (χ1v) is 8.86. The average molecular weight is 331 g/mol. The number of carbonyl (C=O) groups excluding carboxylic acids is 2. The maximum Gasteiger partial charge on any atom is 0.221 e. The molecule has 24 heavy (non-hydrogen) atoms.